The van der Waals surface area contributed by atoms with E-state index in [0.717, 1.165) is 5.56 Å². The van der Waals surface area contributed by atoms with Crippen molar-refractivity contribution in [3.05, 3.63) is 64.7 Å². The van der Waals surface area contributed by atoms with Crippen LogP contribution in [0.25, 0.3) is 0 Å². The van der Waals surface area contributed by atoms with Crippen LogP contribution in [0.3, 0.4) is 0 Å². The molecule has 1 aliphatic heterocycles. The lowest BCUT2D eigenvalue weighted by Crippen LogP contribution is -2.50. The SMILES string of the molecule is CCCC(C(N)=O)C(CC(C)C)C(=O)N[C@H]1N=C(c2ccccc2)c2cc(Cl)ccc2N(C)C1=O. The highest BCUT2D eigenvalue weighted by Gasteiger charge is 2.36. The van der Waals surface area contributed by atoms with Crippen molar-refractivity contribution in [2.75, 3.05) is 11.9 Å². The first-order valence-corrected chi connectivity index (χ1v) is 12.3. The Labute approximate surface area is 211 Å². The van der Waals surface area contributed by atoms with Crippen molar-refractivity contribution in [3.8, 4) is 0 Å². The number of aliphatic imine (C=N–C) groups is 1. The molecule has 186 valence electrons. The minimum Gasteiger partial charge on any atom is -0.369 e. The van der Waals surface area contributed by atoms with E-state index >= 15 is 0 Å². The summed E-state index contributed by atoms with van der Waals surface area (Å²) in [6, 6.07) is 14.7. The maximum atomic E-state index is 13.5. The number of nitrogens with zero attached hydrogens (tertiary/aromatic N) is 2. The predicted molar refractivity (Wildman–Crippen MR) is 139 cm³/mol. The number of nitrogens with two attached hydrogens (primary N) is 1. The molecule has 0 aromatic heterocycles. The zero-order chi connectivity index (χ0) is 25.7. The van der Waals surface area contributed by atoms with Crippen LogP contribution in [-0.4, -0.2) is 36.6 Å². The average Bonchev–Trinajstić information content (AvgIpc) is 2.91. The summed E-state index contributed by atoms with van der Waals surface area (Å²) in [4.78, 5) is 45.4. The number of carbonyl (C=O) groups is 3. The lowest BCUT2D eigenvalue weighted by molar-refractivity contribution is -0.136. The maximum absolute atomic E-state index is 13.5. The molecular formula is C27H33ClN4O3. The number of halogens is 1. The number of likely N-dealkylation sites (N-methyl/N-ethyl adjacent to an activating group) is 1. The van der Waals surface area contributed by atoms with Crippen LogP contribution >= 0.6 is 11.6 Å². The van der Waals surface area contributed by atoms with Crippen LogP contribution in [0.4, 0.5) is 5.69 Å². The van der Waals surface area contributed by atoms with E-state index in [4.69, 9.17) is 22.3 Å². The zero-order valence-corrected chi connectivity index (χ0v) is 21.4. The highest BCUT2D eigenvalue weighted by molar-refractivity contribution is 6.32. The summed E-state index contributed by atoms with van der Waals surface area (Å²) in [5.74, 6) is -2.40. The summed E-state index contributed by atoms with van der Waals surface area (Å²) in [7, 11) is 1.65. The molecule has 35 heavy (non-hydrogen) atoms. The van der Waals surface area contributed by atoms with Crippen molar-refractivity contribution in [1.29, 1.82) is 0 Å². The number of rotatable bonds is 9. The van der Waals surface area contributed by atoms with Gasteiger partial charge in [0.1, 0.15) is 0 Å². The molecule has 1 aliphatic rings. The van der Waals surface area contributed by atoms with Crippen LogP contribution in [0.2, 0.25) is 5.02 Å². The Hall–Kier alpha value is -3.19. The monoisotopic (exact) mass is 496 g/mol. The Morgan fingerprint density at radius 2 is 1.83 bits per heavy atom. The van der Waals surface area contributed by atoms with Gasteiger partial charge in [0.05, 0.1) is 11.4 Å². The van der Waals surface area contributed by atoms with Gasteiger partial charge in [-0.3, -0.25) is 14.4 Å². The third-order valence-electron chi connectivity index (χ3n) is 6.24. The quantitative estimate of drug-likeness (QED) is 0.544. The first kappa shape index (κ1) is 26.4. The number of amides is 3. The van der Waals surface area contributed by atoms with Crippen molar-refractivity contribution in [1.82, 2.24) is 5.32 Å². The number of primary amides is 1. The number of hydrogen-bond acceptors (Lipinski definition) is 4. The Kier molecular flexibility index (Phi) is 8.67. The number of benzene rings is 2. The predicted octanol–water partition coefficient (Wildman–Crippen LogP) is 4.16. The molecular weight excluding hydrogens is 464 g/mol. The third kappa shape index (κ3) is 6.09. The van der Waals surface area contributed by atoms with Gasteiger partial charge in [0.25, 0.3) is 5.91 Å². The fourth-order valence-corrected chi connectivity index (χ4v) is 4.70. The van der Waals surface area contributed by atoms with Gasteiger partial charge in [-0.15, -0.1) is 0 Å². The van der Waals surface area contributed by atoms with E-state index in [1.807, 2.05) is 51.1 Å². The van der Waals surface area contributed by atoms with Gasteiger partial charge in [-0.25, -0.2) is 4.99 Å². The zero-order valence-electron chi connectivity index (χ0n) is 20.6. The Morgan fingerprint density at radius 1 is 1.14 bits per heavy atom. The standard InChI is InChI=1S/C27H33ClN4O3/c1-5-9-19(24(29)33)20(14-16(2)3)26(34)31-25-27(35)32(4)22-13-12-18(28)15-21(22)23(30-25)17-10-7-6-8-11-17/h6-8,10-13,15-16,19-20,25H,5,9,14H2,1-4H3,(H2,29,33)(H,31,34)/t19?,20?,25-/m1/s1. The molecule has 0 radical (unpaired) electrons. The molecule has 3 N–H and O–H groups in total. The number of fused-ring (bicyclic) bond motifs is 1. The lowest BCUT2D eigenvalue weighted by Gasteiger charge is -2.27. The smallest absolute Gasteiger partial charge is 0.272 e. The molecule has 2 unspecified atom stereocenters. The minimum absolute atomic E-state index is 0.159. The highest BCUT2D eigenvalue weighted by Crippen LogP contribution is 2.31. The lowest BCUT2D eigenvalue weighted by atomic mass is 9.81. The average molecular weight is 497 g/mol. The summed E-state index contributed by atoms with van der Waals surface area (Å²) < 4.78 is 0. The van der Waals surface area contributed by atoms with Crippen LogP contribution in [0, 0.1) is 17.8 Å². The number of carbonyl (C=O) groups excluding carboxylic acids is 3. The molecule has 8 heteroatoms. The largest absolute Gasteiger partial charge is 0.369 e. The molecule has 7 nitrogen and oxygen atoms in total. The van der Waals surface area contributed by atoms with Gasteiger partial charge in [0, 0.05) is 35.0 Å². The molecule has 2 aromatic carbocycles. The summed E-state index contributed by atoms with van der Waals surface area (Å²) >= 11 is 6.30. The van der Waals surface area contributed by atoms with Gasteiger partial charge in [-0.1, -0.05) is 69.1 Å². The summed E-state index contributed by atoms with van der Waals surface area (Å²) in [5, 5.41) is 3.34. The fourth-order valence-electron chi connectivity index (χ4n) is 4.52. The molecule has 3 rings (SSSR count). The first-order chi connectivity index (χ1) is 16.6. The molecule has 3 atom stereocenters. The molecule has 0 bridgehead atoms. The normalized spacial score (nSPS) is 17.3. The van der Waals surface area contributed by atoms with Gasteiger partial charge < -0.3 is 16.0 Å². The number of hydrogen-bond donors (Lipinski definition) is 2. The molecule has 0 saturated carbocycles. The van der Waals surface area contributed by atoms with E-state index in [1.165, 1.54) is 4.90 Å². The van der Waals surface area contributed by atoms with Gasteiger partial charge >= 0.3 is 0 Å². The van der Waals surface area contributed by atoms with Crippen molar-refractivity contribution >= 4 is 40.7 Å². The Bertz CT molecular complexity index is 1120. The minimum atomic E-state index is -1.17. The maximum Gasteiger partial charge on any atom is 0.272 e. The van der Waals surface area contributed by atoms with Crippen LogP contribution < -0.4 is 16.0 Å². The van der Waals surface area contributed by atoms with Crippen LogP contribution in [0.15, 0.2) is 53.5 Å². The second-order valence-electron chi connectivity index (χ2n) is 9.35. The second kappa shape index (κ2) is 11.5. The summed E-state index contributed by atoms with van der Waals surface area (Å²) in [6.07, 6.45) is 0.522. The van der Waals surface area contributed by atoms with Crippen LogP contribution in [0.1, 0.15) is 51.2 Å². The van der Waals surface area contributed by atoms with Crippen LogP contribution in [-0.2, 0) is 14.4 Å². The van der Waals surface area contributed by atoms with Crippen molar-refractivity contribution in [3.63, 3.8) is 0 Å². The van der Waals surface area contributed by atoms with Gasteiger partial charge in [0.2, 0.25) is 18.0 Å². The van der Waals surface area contributed by atoms with E-state index in [1.54, 1.807) is 25.2 Å². The third-order valence-corrected chi connectivity index (χ3v) is 6.47. The van der Waals surface area contributed by atoms with Crippen molar-refractivity contribution < 1.29 is 14.4 Å². The number of anilines is 1. The summed E-state index contributed by atoms with van der Waals surface area (Å²) in [6.45, 7) is 5.92. The molecule has 2 aromatic rings. The van der Waals surface area contributed by atoms with E-state index < -0.39 is 29.8 Å². The molecule has 0 aliphatic carbocycles. The molecule has 3 amide bonds. The van der Waals surface area contributed by atoms with Crippen LogP contribution in [0.5, 0.6) is 0 Å². The molecule has 0 spiro atoms. The molecule has 0 saturated heterocycles. The Morgan fingerprint density at radius 3 is 2.43 bits per heavy atom. The summed E-state index contributed by atoms with van der Waals surface area (Å²) in [5.41, 5.74) is 8.35. The Balaban J connectivity index is 2.06. The van der Waals surface area contributed by atoms with Gasteiger partial charge in [0.15, 0.2) is 0 Å². The van der Waals surface area contributed by atoms with E-state index in [0.29, 0.717) is 41.2 Å². The van der Waals surface area contributed by atoms with Gasteiger partial charge in [-0.2, -0.15) is 0 Å². The van der Waals surface area contributed by atoms with Gasteiger partial charge in [-0.05, 0) is 37.0 Å². The van der Waals surface area contributed by atoms with E-state index in [-0.39, 0.29) is 11.8 Å². The molecule has 1 heterocycles. The van der Waals surface area contributed by atoms with Crippen molar-refractivity contribution in [2.45, 2.75) is 46.2 Å². The number of benzodiazepines with no additional fused rings is 1. The number of nitrogens with one attached hydrogen (secondary N) is 1. The topological polar surface area (TPSA) is 105 Å². The first-order valence-electron chi connectivity index (χ1n) is 11.9. The molecule has 0 fully saturated rings. The van der Waals surface area contributed by atoms with E-state index in [9.17, 15) is 14.4 Å². The van der Waals surface area contributed by atoms with E-state index in [2.05, 4.69) is 5.32 Å². The highest BCUT2D eigenvalue weighted by atomic mass is 35.5. The van der Waals surface area contributed by atoms with Crippen molar-refractivity contribution in [2.24, 2.45) is 28.5 Å². The second-order valence-corrected chi connectivity index (χ2v) is 9.78. The fraction of sp³-hybridized carbons (Fsp3) is 0.407.